The molecule has 7 nitrogen and oxygen atoms in total. The van der Waals surface area contributed by atoms with E-state index in [9.17, 15) is 9.59 Å². The lowest BCUT2D eigenvalue weighted by atomic mass is 9.97. The number of nitrogens with zero attached hydrogens (tertiary/aromatic N) is 2. The van der Waals surface area contributed by atoms with E-state index in [0.717, 1.165) is 25.2 Å². The van der Waals surface area contributed by atoms with Gasteiger partial charge < -0.3 is 20.5 Å². The Morgan fingerprint density at radius 1 is 1.58 bits per heavy atom. The highest BCUT2D eigenvalue weighted by Gasteiger charge is 2.25. The van der Waals surface area contributed by atoms with E-state index in [1.54, 1.807) is 17.3 Å². The molecule has 1 unspecified atom stereocenters. The van der Waals surface area contributed by atoms with Crippen LogP contribution < -0.4 is 10.6 Å². The molecule has 2 heterocycles. The third-order valence-corrected chi connectivity index (χ3v) is 3.31. The van der Waals surface area contributed by atoms with Crippen LogP contribution in [0.5, 0.6) is 0 Å². The zero-order valence-corrected chi connectivity index (χ0v) is 11.0. The second-order valence-corrected chi connectivity index (χ2v) is 4.59. The Hall–Kier alpha value is -2.05. The zero-order chi connectivity index (χ0) is 13.7. The molecule has 0 aliphatic carbocycles. The van der Waals surface area contributed by atoms with Gasteiger partial charge in [0.05, 0.1) is 6.54 Å². The maximum Gasteiger partial charge on any atom is 0.314 e. The van der Waals surface area contributed by atoms with Crippen LogP contribution in [0.25, 0.3) is 0 Å². The summed E-state index contributed by atoms with van der Waals surface area (Å²) in [4.78, 5) is 32.2. The zero-order valence-electron chi connectivity index (χ0n) is 11.0. The molecule has 0 saturated carbocycles. The van der Waals surface area contributed by atoms with E-state index in [0.29, 0.717) is 6.54 Å². The van der Waals surface area contributed by atoms with Crippen LogP contribution in [-0.4, -0.2) is 53.5 Å². The molecule has 0 radical (unpaired) electrons. The van der Waals surface area contributed by atoms with Gasteiger partial charge in [-0.15, -0.1) is 0 Å². The quantitative estimate of drug-likeness (QED) is 0.721. The molecule has 0 aromatic carbocycles. The van der Waals surface area contributed by atoms with Crippen LogP contribution >= 0.6 is 0 Å². The molecule has 1 fully saturated rings. The van der Waals surface area contributed by atoms with Crippen LogP contribution in [0.1, 0.15) is 24.6 Å². The lowest BCUT2D eigenvalue weighted by molar-refractivity contribution is -0.131. The number of piperidine rings is 1. The van der Waals surface area contributed by atoms with Crippen LogP contribution in [-0.2, 0) is 4.79 Å². The fourth-order valence-electron chi connectivity index (χ4n) is 2.28. The number of aromatic nitrogens is 2. The van der Waals surface area contributed by atoms with Gasteiger partial charge in [0.1, 0.15) is 5.82 Å². The lowest BCUT2D eigenvalue weighted by Crippen LogP contribution is -2.46. The van der Waals surface area contributed by atoms with Crippen molar-refractivity contribution in [3.8, 4) is 0 Å². The van der Waals surface area contributed by atoms with Crippen molar-refractivity contribution in [1.29, 1.82) is 0 Å². The average Bonchev–Trinajstić information content (AvgIpc) is 2.98. The monoisotopic (exact) mass is 265 g/mol. The highest BCUT2D eigenvalue weighted by Crippen LogP contribution is 2.24. The highest BCUT2D eigenvalue weighted by atomic mass is 16.2. The summed E-state index contributed by atoms with van der Waals surface area (Å²) in [7, 11) is 1.52. The summed E-state index contributed by atoms with van der Waals surface area (Å²) in [5.41, 5.74) is 0. The van der Waals surface area contributed by atoms with Gasteiger partial charge in [-0.3, -0.25) is 4.79 Å². The summed E-state index contributed by atoms with van der Waals surface area (Å²) in [5, 5.41) is 4.93. The van der Waals surface area contributed by atoms with Crippen molar-refractivity contribution >= 4 is 11.9 Å². The summed E-state index contributed by atoms with van der Waals surface area (Å²) in [5.74, 6) is 1.13. The van der Waals surface area contributed by atoms with Crippen LogP contribution in [0.2, 0.25) is 0 Å². The predicted molar refractivity (Wildman–Crippen MR) is 69.6 cm³/mol. The third kappa shape index (κ3) is 3.46. The van der Waals surface area contributed by atoms with E-state index in [-0.39, 0.29) is 24.4 Å². The molecular weight excluding hydrogens is 246 g/mol. The number of imidazole rings is 1. The van der Waals surface area contributed by atoms with Crippen molar-refractivity contribution in [2.45, 2.75) is 18.8 Å². The molecule has 1 saturated heterocycles. The molecule has 1 aliphatic rings. The number of amides is 3. The fourth-order valence-corrected chi connectivity index (χ4v) is 2.28. The van der Waals surface area contributed by atoms with Gasteiger partial charge in [0.2, 0.25) is 5.91 Å². The average molecular weight is 265 g/mol. The lowest BCUT2D eigenvalue weighted by Gasteiger charge is -2.31. The summed E-state index contributed by atoms with van der Waals surface area (Å²) < 4.78 is 0. The second-order valence-electron chi connectivity index (χ2n) is 4.59. The number of aromatic amines is 1. The van der Waals surface area contributed by atoms with E-state index in [2.05, 4.69) is 20.6 Å². The van der Waals surface area contributed by atoms with Crippen molar-refractivity contribution in [1.82, 2.24) is 25.5 Å². The van der Waals surface area contributed by atoms with E-state index in [1.165, 1.54) is 7.05 Å². The number of urea groups is 1. The van der Waals surface area contributed by atoms with E-state index in [4.69, 9.17) is 0 Å². The molecule has 3 amide bonds. The summed E-state index contributed by atoms with van der Waals surface area (Å²) in [6.07, 6.45) is 5.50. The van der Waals surface area contributed by atoms with Gasteiger partial charge in [-0.1, -0.05) is 0 Å². The van der Waals surface area contributed by atoms with Gasteiger partial charge >= 0.3 is 6.03 Å². The molecule has 2 rings (SSSR count). The minimum atomic E-state index is -0.340. The molecule has 1 aromatic rings. The fraction of sp³-hybridized carbons (Fsp3) is 0.583. The molecular formula is C12H19N5O2. The number of hydrogen-bond acceptors (Lipinski definition) is 3. The Balaban J connectivity index is 1.86. The maximum absolute atomic E-state index is 12.0. The first-order valence-corrected chi connectivity index (χ1v) is 6.43. The smallest absolute Gasteiger partial charge is 0.314 e. The Morgan fingerprint density at radius 2 is 2.42 bits per heavy atom. The second kappa shape index (κ2) is 6.21. The van der Waals surface area contributed by atoms with Crippen molar-refractivity contribution < 1.29 is 9.59 Å². The summed E-state index contributed by atoms with van der Waals surface area (Å²) in [6.45, 7) is 1.43. The number of likely N-dealkylation sites (tertiary alicyclic amines) is 1. The first-order chi connectivity index (χ1) is 9.20. The highest BCUT2D eigenvalue weighted by molar-refractivity contribution is 5.83. The Labute approximate surface area is 111 Å². The first-order valence-electron chi connectivity index (χ1n) is 6.43. The number of hydrogen-bond donors (Lipinski definition) is 3. The number of rotatable bonds is 3. The Morgan fingerprint density at radius 3 is 3.11 bits per heavy atom. The van der Waals surface area contributed by atoms with Gasteiger partial charge in [-0.05, 0) is 12.8 Å². The number of carbonyl (C=O) groups excluding carboxylic acids is 2. The molecule has 1 aliphatic heterocycles. The van der Waals surface area contributed by atoms with E-state index >= 15 is 0 Å². The Kier molecular flexibility index (Phi) is 4.38. The van der Waals surface area contributed by atoms with Gasteiger partial charge in [-0.25, -0.2) is 9.78 Å². The number of nitrogens with one attached hydrogen (secondary N) is 3. The number of carbonyl (C=O) groups is 2. The van der Waals surface area contributed by atoms with Gasteiger partial charge in [0.25, 0.3) is 0 Å². The minimum absolute atomic E-state index is 0.0323. The molecule has 104 valence electrons. The SMILES string of the molecule is CNC(=O)NCC(=O)N1CCCC(c2ncc[nH]2)C1. The first kappa shape index (κ1) is 13.4. The van der Waals surface area contributed by atoms with Crippen LogP contribution in [0.15, 0.2) is 12.4 Å². The van der Waals surface area contributed by atoms with Gasteiger partial charge in [-0.2, -0.15) is 0 Å². The van der Waals surface area contributed by atoms with Gasteiger partial charge in [0, 0.05) is 38.4 Å². The van der Waals surface area contributed by atoms with Gasteiger partial charge in [0.15, 0.2) is 0 Å². The summed E-state index contributed by atoms with van der Waals surface area (Å²) in [6, 6.07) is -0.340. The van der Waals surface area contributed by atoms with Crippen LogP contribution in [0.4, 0.5) is 4.79 Å². The van der Waals surface area contributed by atoms with E-state index < -0.39 is 0 Å². The molecule has 0 spiro atoms. The standard InChI is InChI=1S/C12H19N5O2/c1-13-12(19)16-7-10(18)17-6-2-3-9(8-17)11-14-4-5-15-11/h4-5,9H,2-3,6-8H2,1H3,(H,14,15)(H2,13,16,19). The van der Waals surface area contributed by atoms with Crippen molar-refractivity contribution in [3.63, 3.8) is 0 Å². The third-order valence-electron chi connectivity index (χ3n) is 3.31. The minimum Gasteiger partial charge on any atom is -0.348 e. The normalized spacial score (nSPS) is 19.0. The van der Waals surface area contributed by atoms with Crippen molar-refractivity contribution in [2.24, 2.45) is 0 Å². The molecule has 1 aromatic heterocycles. The van der Waals surface area contributed by atoms with Crippen molar-refractivity contribution in [3.05, 3.63) is 18.2 Å². The molecule has 3 N–H and O–H groups in total. The van der Waals surface area contributed by atoms with Crippen molar-refractivity contribution in [2.75, 3.05) is 26.7 Å². The topological polar surface area (TPSA) is 90.1 Å². The molecule has 19 heavy (non-hydrogen) atoms. The predicted octanol–water partition coefficient (Wildman–Crippen LogP) is 0.0447. The Bertz CT molecular complexity index is 431. The largest absolute Gasteiger partial charge is 0.348 e. The molecule has 1 atom stereocenters. The van der Waals surface area contributed by atoms with Crippen LogP contribution in [0, 0.1) is 0 Å². The van der Waals surface area contributed by atoms with E-state index in [1.807, 2.05) is 0 Å². The molecule has 7 heteroatoms. The van der Waals surface area contributed by atoms with Crippen LogP contribution in [0.3, 0.4) is 0 Å². The number of H-pyrrole nitrogens is 1. The summed E-state index contributed by atoms with van der Waals surface area (Å²) >= 11 is 0. The molecule has 0 bridgehead atoms. The maximum atomic E-state index is 12.0.